The van der Waals surface area contributed by atoms with Crippen molar-refractivity contribution in [2.75, 3.05) is 5.01 Å². The molecule has 1 radical (unpaired) electrons. The van der Waals surface area contributed by atoms with E-state index in [1.807, 2.05) is 0 Å². The zero-order chi connectivity index (χ0) is 23.1. The second-order valence-electron chi connectivity index (χ2n) is 5.80. The third-order valence-electron chi connectivity index (χ3n) is 3.74. The number of hydrogen-bond donors (Lipinski definition) is 0. The highest BCUT2D eigenvalue weighted by Gasteiger charge is 2.23. The Hall–Kier alpha value is -5.14. The van der Waals surface area contributed by atoms with Gasteiger partial charge in [0.2, 0.25) is 0 Å². The van der Waals surface area contributed by atoms with Crippen LogP contribution in [0.3, 0.4) is 0 Å². The van der Waals surface area contributed by atoms with Gasteiger partial charge in [-0.3, -0.25) is 14.5 Å². The Labute approximate surface area is 178 Å². The summed E-state index contributed by atoms with van der Waals surface area (Å²) < 4.78 is 0. The summed E-state index contributed by atoms with van der Waals surface area (Å²) in [5, 5.41) is 30.3. The lowest BCUT2D eigenvalue weighted by molar-refractivity contribution is -0.715. The standard InChI is InChI=1S/C18H12N5O9/c24-21(25)30-15-11-16(31-22(26)27)18(17(12-15)32-23(28)29)19-20(13-7-3-1-4-8-13)14-9-5-2-6-10-14/h1-12H. The van der Waals surface area contributed by atoms with Crippen molar-refractivity contribution in [2.24, 2.45) is 0 Å². The minimum absolute atomic E-state index is 0.484. The molecule has 0 spiro atoms. The molecule has 0 bridgehead atoms. The number of nitrogens with zero attached hydrogens (tertiary/aromatic N) is 5. The molecule has 0 unspecified atom stereocenters. The Morgan fingerprint density at radius 1 is 0.656 bits per heavy atom. The highest BCUT2D eigenvalue weighted by atomic mass is 17.0. The Morgan fingerprint density at radius 2 is 1.06 bits per heavy atom. The van der Waals surface area contributed by atoms with Crippen molar-refractivity contribution < 1.29 is 29.8 Å². The van der Waals surface area contributed by atoms with Gasteiger partial charge in [-0.2, -0.15) is 5.43 Å². The molecule has 32 heavy (non-hydrogen) atoms. The van der Waals surface area contributed by atoms with Gasteiger partial charge in [-0.05, 0) is 24.3 Å². The molecular weight excluding hydrogens is 430 g/mol. The van der Waals surface area contributed by atoms with Crippen LogP contribution in [0.4, 0.5) is 17.1 Å². The Balaban J connectivity index is 2.16. The predicted octanol–water partition coefficient (Wildman–Crippen LogP) is 3.39. The fraction of sp³-hybridized carbons (Fsp3) is 0. The van der Waals surface area contributed by atoms with E-state index in [0.29, 0.717) is 11.4 Å². The molecule has 3 aromatic carbocycles. The van der Waals surface area contributed by atoms with Crippen LogP contribution in [-0.4, -0.2) is 15.3 Å². The molecular formula is C18H12N5O9. The SMILES string of the molecule is O=[N+]([O-])Oc1cc(O[N+](=O)[O-])c([N]N(c2ccccc2)c2ccccc2)c(O[N+](=O)[O-])c1. The van der Waals surface area contributed by atoms with E-state index in [2.05, 4.69) is 19.9 Å². The van der Waals surface area contributed by atoms with E-state index in [1.54, 1.807) is 60.7 Å². The zero-order valence-corrected chi connectivity index (χ0v) is 15.8. The molecule has 14 heteroatoms. The molecule has 14 nitrogen and oxygen atoms in total. The lowest BCUT2D eigenvalue weighted by atomic mass is 10.2. The number of anilines is 2. The van der Waals surface area contributed by atoms with Crippen molar-refractivity contribution in [2.45, 2.75) is 0 Å². The second kappa shape index (κ2) is 9.57. The minimum atomic E-state index is -1.21. The largest absolute Gasteiger partial charge is 0.299 e. The summed E-state index contributed by atoms with van der Waals surface area (Å²) in [6, 6.07) is 18.6. The van der Waals surface area contributed by atoms with Gasteiger partial charge < -0.3 is 0 Å². The van der Waals surface area contributed by atoms with Crippen molar-refractivity contribution >= 4 is 17.1 Å². The average Bonchev–Trinajstić information content (AvgIpc) is 2.73. The minimum Gasteiger partial charge on any atom is -0.276 e. The number of para-hydroxylation sites is 2. The first kappa shape index (κ1) is 21.6. The fourth-order valence-corrected chi connectivity index (χ4v) is 2.60. The quantitative estimate of drug-likeness (QED) is 0.334. The van der Waals surface area contributed by atoms with Crippen LogP contribution < -0.4 is 24.9 Å². The summed E-state index contributed by atoms with van der Waals surface area (Å²) >= 11 is 0. The molecule has 0 aromatic heterocycles. The molecule has 0 saturated carbocycles. The van der Waals surface area contributed by atoms with Crippen LogP contribution in [0.2, 0.25) is 0 Å². The van der Waals surface area contributed by atoms with Crippen LogP contribution in [0.5, 0.6) is 17.2 Å². The monoisotopic (exact) mass is 442 g/mol. The molecule has 0 fully saturated rings. The maximum Gasteiger partial charge on any atom is 0.299 e. The second-order valence-corrected chi connectivity index (χ2v) is 5.80. The molecule has 3 rings (SSSR count). The van der Waals surface area contributed by atoms with Gasteiger partial charge in [0.15, 0.2) is 11.5 Å². The van der Waals surface area contributed by atoms with Gasteiger partial charge in [-0.25, -0.2) is 5.01 Å². The van der Waals surface area contributed by atoms with Crippen LogP contribution in [0, 0.1) is 30.3 Å². The first-order valence-corrected chi connectivity index (χ1v) is 8.60. The van der Waals surface area contributed by atoms with Crippen LogP contribution >= 0.6 is 0 Å². The third-order valence-corrected chi connectivity index (χ3v) is 3.74. The highest BCUT2D eigenvalue weighted by Crippen LogP contribution is 2.41. The summed E-state index contributed by atoms with van der Waals surface area (Å²) in [6.45, 7) is 0. The molecule has 0 N–H and O–H groups in total. The van der Waals surface area contributed by atoms with Crippen molar-refractivity contribution in [1.29, 1.82) is 0 Å². The predicted molar refractivity (Wildman–Crippen MR) is 106 cm³/mol. The number of hydrogen-bond acceptors (Lipinski definition) is 10. The van der Waals surface area contributed by atoms with Crippen LogP contribution in [0.15, 0.2) is 72.8 Å². The molecule has 0 saturated heterocycles. The smallest absolute Gasteiger partial charge is 0.276 e. The van der Waals surface area contributed by atoms with E-state index in [9.17, 15) is 30.3 Å². The van der Waals surface area contributed by atoms with E-state index in [0.717, 1.165) is 12.1 Å². The first-order chi connectivity index (χ1) is 15.3. The zero-order valence-electron chi connectivity index (χ0n) is 15.8. The van der Waals surface area contributed by atoms with Gasteiger partial charge in [0.25, 0.3) is 15.3 Å². The van der Waals surface area contributed by atoms with Gasteiger partial charge in [0.05, 0.1) is 11.4 Å². The summed E-state index contributed by atoms with van der Waals surface area (Å²) in [7, 11) is 0. The van der Waals surface area contributed by atoms with E-state index < -0.39 is 38.2 Å². The molecule has 0 amide bonds. The van der Waals surface area contributed by atoms with Crippen LogP contribution in [-0.2, 0) is 0 Å². The maximum atomic E-state index is 11.0. The Kier molecular flexibility index (Phi) is 6.45. The topological polar surface area (TPSA) is 174 Å². The van der Waals surface area contributed by atoms with Crippen molar-refractivity contribution in [3.63, 3.8) is 0 Å². The molecule has 163 valence electrons. The summed E-state index contributed by atoms with van der Waals surface area (Å²) in [5.74, 6) is -2.00. The van der Waals surface area contributed by atoms with E-state index >= 15 is 0 Å². The normalized spacial score (nSPS) is 10.0. The summed E-state index contributed by atoms with van der Waals surface area (Å²) in [4.78, 5) is 45.8. The maximum absolute atomic E-state index is 11.0. The van der Waals surface area contributed by atoms with Crippen LogP contribution in [0.25, 0.3) is 0 Å². The summed E-state index contributed by atoms with van der Waals surface area (Å²) in [5.41, 5.74) is 4.77. The summed E-state index contributed by atoms with van der Waals surface area (Å²) in [6.07, 6.45) is 0. The van der Waals surface area contributed by atoms with Crippen molar-refractivity contribution in [3.05, 3.63) is 103 Å². The average molecular weight is 442 g/mol. The van der Waals surface area contributed by atoms with E-state index in [-0.39, 0.29) is 0 Å². The lowest BCUT2D eigenvalue weighted by Crippen LogP contribution is -2.25. The molecule has 0 atom stereocenters. The van der Waals surface area contributed by atoms with E-state index in [1.165, 1.54) is 5.01 Å². The Morgan fingerprint density at radius 3 is 1.44 bits per heavy atom. The molecule has 3 aromatic rings. The van der Waals surface area contributed by atoms with Crippen LogP contribution in [0.1, 0.15) is 0 Å². The Bertz CT molecular complexity index is 1050. The number of benzene rings is 3. The molecule has 0 aliphatic heterocycles. The van der Waals surface area contributed by atoms with Gasteiger partial charge in [0, 0.05) is 12.1 Å². The van der Waals surface area contributed by atoms with Gasteiger partial charge in [-0.15, -0.1) is 30.3 Å². The van der Waals surface area contributed by atoms with Gasteiger partial charge in [0.1, 0.15) is 11.4 Å². The molecule has 0 heterocycles. The first-order valence-electron chi connectivity index (χ1n) is 8.60. The number of rotatable bonds is 10. The highest BCUT2D eigenvalue weighted by molar-refractivity contribution is 5.70. The van der Waals surface area contributed by atoms with E-state index in [4.69, 9.17) is 0 Å². The molecule has 0 aliphatic carbocycles. The van der Waals surface area contributed by atoms with Gasteiger partial charge >= 0.3 is 0 Å². The molecule has 0 aliphatic rings. The lowest BCUT2D eigenvalue weighted by Gasteiger charge is -2.25. The fourth-order valence-electron chi connectivity index (χ4n) is 2.60. The third kappa shape index (κ3) is 5.47. The van der Waals surface area contributed by atoms with Gasteiger partial charge in [-0.1, -0.05) is 36.4 Å². The van der Waals surface area contributed by atoms with Crippen molar-refractivity contribution in [1.82, 2.24) is 5.43 Å². The van der Waals surface area contributed by atoms with Crippen molar-refractivity contribution in [3.8, 4) is 17.2 Å².